The highest BCUT2D eigenvalue weighted by Gasteiger charge is 2.20. The third kappa shape index (κ3) is 1.84. The molecule has 1 aliphatic heterocycles. The third-order valence-corrected chi connectivity index (χ3v) is 2.37. The Morgan fingerprint density at radius 3 is 3.00 bits per heavy atom. The maximum absolute atomic E-state index is 3.86. The fraction of sp³-hybridized carbons (Fsp3) is 0.778. The molecule has 1 unspecified atom stereocenters. The summed E-state index contributed by atoms with van der Waals surface area (Å²) in [5.74, 6) is 0. The van der Waals surface area contributed by atoms with Gasteiger partial charge in [-0.25, -0.2) is 0 Å². The van der Waals surface area contributed by atoms with Crippen LogP contribution >= 0.6 is 0 Å². The van der Waals surface area contributed by atoms with Crippen molar-refractivity contribution in [2.45, 2.75) is 26.2 Å². The van der Waals surface area contributed by atoms with E-state index in [4.69, 9.17) is 0 Å². The number of hydrogen-bond donors (Lipinski definition) is 1. The maximum atomic E-state index is 3.86. The molecule has 0 radical (unpaired) electrons. The van der Waals surface area contributed by atoms with Gasteiger partial charge in [-0.1, -0.05) is 19.4 Å². The Hall–Kier alpha value is -0.300. The first-order chi connectivity index (χ1) is 4.77. The normalized spacial score (nSPS) is 34.9. The summed E-state index contributed by atoms with van der Waals surface area (Å²) in [6, 6.07) is 0. The minimum atomic E-state index is 0.358. The Morgan fingerprint density at radius 1 is 1.50 bits per heavy atom. The Balaban J connectivity index is 2.48. The Kier molecular flexibility index (Phi) is 2.50. The minimum Gasteiger partial charge on any atom is -0.316 e. The summed E-state index contributed by atoms with van der Waals surface area (Å²) in [6.45, 7) is 8.43. The fourth-order valence-corrected chi connectivity index (χ4v) is 1.42. The van der Waals surface area contributed by atoms with E-state index in [1.165, 1.54) is 25.8 Å². The largest absolute Gasteiger partial charge is 0.316 e. The van der Waals surface area contributed by atoms with Crippen molar-refractivity contribution in [2.24, 2.45) is 5.41 Å². The lowest BCUT2D eigenvalue weighted by Gasteiger charge is -2.22. The summed E-state index contributed by atoms with van der Waals surface area (Å²) in [4.78, 5) is 0. The van der Waals surface area contributed by atoms with Gasteiger partial charge < -0.3 is 5.32 Å². The summed E-state index contributed by atoms with van der Waals surface area (Å²) < 4.78 is 0. The standard InChI is InChI=1S/C9H17N/c1-3-9(2)6-4-5-7-10-8-9/h3,10H,1,4-8H2,2H3. The summed E-state index contributed by atoms with van der Waals surface area (Å²) in [5, 5.41) is 3.42. The van der Waals surface area contributed by atoms with Crippen LogP contribution in [-0.2, 0) is 0 Å². The van der Waals surface area contributed by atoms with Crippen molar-refractivity contribution in [1.29, 1.82) is 0 Å². The predicted molar refractivity (Wildman–Crippen MR) is 45.0 cm³/mol. The first kappa shape index (κ1) is 7.80. The molecule has 1 nitrogen and oxygen atoms in total. The Bertz CT molecular complexity index is 110. The first-order valence-corrected chi connectivity index (χ1v) is 4.11. The smallest absolute Gasteiger partial charge is 0.00397 e. The van der Waals surface area contributed by atoms with Gasteiger partial charge in [-0.15, -0.1) is 6.58 Å². The monoisotopic (exact) mass is 139 g/mol. The zero-order chi connectivity index (χ0) is 7.45. The Labute approximate surface area is 63.5 Å². The van der Waals surface area contributed by atoms with Gasteiger partial charge in [-0.3, -0.25) is 0 Å². The van der Waals surface area contributed by atoms with Crippen molar-refractivity contribution in [3.05, 3.63) is 12.7 Å². The molecule has 0 aliphatic carbocycles. The quantitative estimate of drug-likeness (QED) is 0.547. The van der Waals surface area contributed by atoms with Crippen LogP contribution in [0, 0.1) is 5.41 Å². The molecule has 0 saturated carbocycles. The molecule has 0 aromatic heterocycles. The van der Waals surface area contributed by atoms with Crippen LogP contribution in [0.15, 0.2) is 12.7 Å². The van der Waals surface area contributed by atoms with Gasteiger partial charge in [0.25, 0.3) is 0 Å². The summed E-state index contributed by atoms with van der Waals surface area (Å²) in [6.07, 6.45) is 6.05. The fourth-order valence-electron chi connectivity index (χ4n) is 1.42. The van der Waals surface area contributed by atoms with Gasteiger partial charge in [-0.2, -0.15) is 0 Å². The molecule has 1 atom stereocenters. The SMILES string of the molecule is C=CC1(C)CCCCNC1. The molecular formula is C9H17N. The van der Waals surface area contributed by atoms with Gasteiger partial charge in [0.1, 0.15) is 0 Å². The highest BCUT2D eigenvalue weighted by Crippen LogP contribution is 2.25. The number of nitrogens with one attached hydrogen (secondary N) is 1. The molecule has 0 bridgehead atoms. The van der Waals surface area contributed by atoms with Gasteiger partial charge in [-0.05, 0) is 24.8 Å². The van der Waals surface area contributed by atoms with Crippen molar-refractivity contribution < 1.29 is 0 Å². The van der Waals surface area contributed by atoms with Gasteiger partial charge in [0.05, 0.1) is 0 Å². The highest BCUT2D eigenvalue weighted by atomic mass is 14.9. The van der Waals surface area contributed by atoms with Crippen LogP contribution < -0.4 is 5.32 Å². The van der Waals surface area contributed by atoms with E-state index in [1.807, 2.05) is 0 Å². The Morgan fingerprint density at radius 2 is 2.30 bits per heavy atom. The molecule has 0 amide bonds. The average molecular weight is 139 g/mol. The molecule has 1 heteroatoms. The van der Waals surface area contributed by atoms with Gasteiger partial charge in [0.15, 0.2) is 0 Å². The molecule has 1 heterocycles. The van der Waals surface area contributed by atoms with Crippen molar-refractivity contribution in [1.82, 2.24) is 5.32 Å². The topological polar surface area (TPSA) is 12.0 Å². The number of rotatable bonds is 1. The van der Waals surface area contributed by atoms with Crippen LogP contribution in [0.25, 0.3) is 0 Å². The second-order valence-electron chi connectivity index (χ2n) is 3.49. The van der Waals surface area contributed by atoms with Crippen LogP contribution in [0.1, 0.15) is 26.2 Å². The van der Waals surface area contributed by atoms with Crippen molar-refractivity contribution >= 4 is 0 Å². The molecule has 10 heavy (non-hydrogen) atoms. The zero-order valence-corrected chi connectivity index (χ0v) is 6.82. The van der Waals surface area contributed by atoms with E-state index >= 15 is 0 Å². The van der Waals surface area contributed by atoms with Crippen LogP contribution in [0.2, 0.25) is 0 Å². The van der Waals surface area contributed by atoms with Gasteiger partial charge >= 0.3 is 0 Å². The van der Waals surface area contributed by atoms with Crippen molar-refractivity contribution in [3.8, 4) is 0 Å². The molecule has 1 fully saturated rings. The molecule has 1 aliphatic rings. The van der Waals surface area contributed by atoms with E-state index in [-0.39, 0.29) is 0 Å². The van der Waals surface area contributed by atoms with Gasteiger partial charge in [0, 0.05) is 6.54 Å². The predicted octanol–water partition coefficient (Wildman–Crippen LogP) is 1.95. The molecule has 0 spiro atoms. The molecule has 1 saturated heterocycles. The third-order valence-electron chi connectivity index (χ3n) is 2.37. The molecule has 58 valence electrons. The van der Waals surface area contributed by atoms with Gasteiger partial charge in [0.2, 0.25) is 0 Å². The van der Waals surface area contributed by atoms with Crippen LogP contribution in [-0.4, -0.2) is 13.1 Å². The second kappa shape index (κ2) is 3.20. The number of hydrogen-bond acceptors (Lipinski definition) is 1. The summed E-state index contributed by atoms with van der Waals surface area (Å²) in [5.41, 5.74) is 0.358. The highest BCUT2D eigenvalue weighted by molar-refractivity contribution is 4.93. The average Bonchev–Trinajstić information content (AvgIpc) is 2.15. The summed E-state index contributed by atoms with van der Waals surface area (Å²) >= 11 is 0. The van der Waals surface area contributed by atoms with Crippen molar-refractivity contribution in [2.75, 3.05) is 13.1 Å². The van der Waals surface area contributed by atoms with E-state index in [1.54, 1.807) is 0 Å². The molecule has 0 aromatic rings. The lowest BCUT2D eigenvalue weighted by molar-refractivity contribution is 0.390. The first-order valence-electron chi connectivity index (χ1n) is 4.11. The molecule has 0 aromatic carbocycles. The van der Waals surface area contributed by atoms with E-state index < -0.39 is 0 Å². The zero-order valence-electron chi connectivity index (χ0n) is 6.82. The van der Waals surface area contributed by atoms with E-state index in [9.17, 15) is 0 Å². The van der Waals surface area contributed by atoms with Crippen LogP contribution in [0.3, 0.4) is 0 Å². The maximum Gasteiger partial charge on any atom is 0.00397 e. The lowest BCUT2D eigenvalue weighted by atomic mass is 9.86. The lowest BCUT2D eigenvalue weighted by Crippen LogP contribution is -2.27. The van der Waals surface area contributed by atoms with E-state index in [0.29, 0.717) is 5.41 Å². The summed E-state index contributed by atoms with van der Waals surface area (Å²) in [7, 11) is 0. The molecular weight excluding hydrogens is 122 g/mol. The van der Waals surface area contributed by atoms with E-state index in [2.05, 4.69) is 24.9 Å². The minimum absolute atomic E-state index is 0.358. The van der Waals surface area contributed by atoms with Crippen LogP contribution in [0.5, 0.6) is 0 Å². The second-order valence-corrected chi connectivity index (χ2v) is 3.49. The van der Waals surface area contributed by atoms with E-state index in [0.717, 1.165) is 6.54 Å². The van der Waals surface area contributed by atoms with Crippen LogP contribution in [0.4, 0.5) is 0 Å². The van der Waals surface area contributed by atoms with Crippen molar-refractivity contribution in [3.63, 3.8) is 0 Å². The molecule has 1 N–H and O–H groups in total. The molecule has 1 rings (SSSR count).